The molecule has 5 heterocycles. The van der Waals surface area contributed by atoms with Crippen LogP contribution in [0.2, 0.25) is 0 Å². The Morgan fingerprint density at radius 2 is 2.06 bits per heavy atom. The lowest BCUT2D eigenvalue weighted by Gasteiger charge is -2.24. The Kier molecular flexibility index (Phi) is 5.69. The first kappa shape index (κ1) is 22.9. The predicted octanol–water partition coefficient (Wildman–Crippen LogP) is 2.70. The summed E-state index contributed by atoms with van der Waals surface area (Å²) < 4.78 is 42.3. The first-order valence-electron chi connectivity index (χ1n) is 11.2. The fraction of sp³-hybridized carbons (Fsp3) is 0.409. The van der Waals surface area contributed by atoms with Crippen molar-refractivity contribution in [3.8, 4) is 11.5 Å². The number of rotatable bonds is 5. The SMILES string of the molecule is CCc1nc2ncc(C)cn2c1C(=O)NCc1ccc(-c2nc3n(n2)CCC(C(F)(F)F)C3)nn1. The molecule has 1 aliphatic heterocycles. The first-order valence-corrected chi connectivity index (χ1v) is 11.2. The van der Waals surface area contributed by atoms with E-state index in [2.05, 4.69) is 35.6 Å². The molecule has 1 atom stereocenters. The van der Waals surface area contributed by atoms with E-state index in [4.69, 9.17) is 0 Å². The molecule has 1 unspecified atom stereocenters. The lowest BCUT2D eigenvalue weighted by Crippen LogP contribution is -2.31. The van der Waals surface area contributed by atoms with Crippen molar-refractivity contribution < 1.29 is 18.0 Å². The topological polar surface area (TPSA) is 116 Å². The molecular formula is C22H22F3N9O. The third kappa shape index (κ3) is 4.45. The Balaban J connectivity index is 1.28. The Bertz CT molecular complexity index is 1390. The molecule has 10 nitrogen and oxygen atoms in total. The van der Waals surface area contributed by atoms with Crippen LogP contribution in [-0.2, 0) is 25.9 Å². The van der Waals surface area contributed by atoms with Crippen LogP contribution in [0.15, 0.2) is 24.5 Å². The number of amides is 1. The average Bonchev–Trinajstić information content (AvgIpc) is 3.42. The van der Waals surface area contributed by atoms with Gasteiger partial charge in [-0.05, 0) is 37.5 Å². The highest BCUT2D eigenvalue weighted by atomic mass is 19.4. The number of alkyl halides is 3. The van der Waals surface area contributed by atoms with Gasteiger partial charge in [0.15, 0.2) is 0 Å². The van der Waals surface area contributed by atoms with E-state index in [1.54, 1.807) is 22.7 Å². The minimum Gasteiger partial charge on any atom is -0.345 e. The van der Waals surface area contributed by atoms with Crippen LogP contribution < -0.4 is 5.32 Å². The summed E-state index contributed by atoms with van der Waals surface area (Å²) in [7, 11) is 0. The van der Waals surface area contributed by atoms with E-state index in [-0.39, 0.29) is 43.5 Å². The fourth-order valence-corrected chi connectivity index (χ4v) is 4.08. The molecule has 1 amide bonds. The molecule has 0 bridgehead atoms. The maximum absolute atomic E-state index is 13.0. The summed E-state index contributed by atoms with van der Waals surface area (Å²) in [5.41, 5.74) is 2.82. The van der Waals surface area contributed by atoms with Gasteiger partial charge in [-0.3, -0.25) is 9.20 Å². The van der Waals surface area contributed by atoms with Crippen molar-refractivity contribution in [2.75, 3.05) is 0 Å². The van der Waals surface area contributed by atoms with Gasteiger partial charge in [-0.2, -0.15) is 18.3 Å². The summed E-state index contributed by atoms with van der Waals surface area (Å²) in [6, 6.07) is 3.30. The Hall–Kier alpha value is -3.90. The number of nitrogens with one attached hydrogen (secondary N) is 1. The smallest absolute Gasteiger partial charge is 0.345 e. The van der Waals surface area contributed by atoms with Crippen LogP contribution in [-0.4, -0.2) is 51.4 Å². The molecule has 1 N–H and O–H groups in total. The molecule has 4 aromatic heterocycles. The number of halogens is 3. The Labute approximate surface area is 197 Å². The molecule has 1 aliphatic rings. The second-order valence-electron chi connectivity index (χ2n) is 8.46. The molecule has 4 aromatic rings. The summed E-state index contributed by atoms with van der Waals surface area (Å²) in [5, 5.41) is 15.3. The minimum atomic E-state index is -4.25. The van der Waals surface area contributed by atoms with Gasteiger partial charge in [0.25, 0.3) is 5.91 Å². The van der Waals surface area contributed by atoms with Gasteiger partial charge in [-0.1, -0.05) is 6.92 Å². The number of fused-ring (bicyclic) bond motifs is 2. The van der Waals surface area contributed by atoms with Crippen molar-refractivity contribution in [1.82, 2.24) is 44.6 Å². The largest absolute Gasteiger partial charge is 0.392 e. The van der Waals surface area contributed by atoms with Crippen molar-refractivity contribution in [2.45, 2.75) is 52.4 Å². The number of aryl methyl sites for hydroxylation is 3. The van der Waals surface area contributed by atoms with Crippen LogP contribution in [0, 0.1) is 12.8 Å². The molecule has 35 heavy (non-hydrogen) atoms. The molecule has 0 fully saturated rings. The summed E-state index contributed by atoms with van der Waals surface area (Å²) in [6.45, 7) is 4.09. The van der Waals surface area contributed by atoms with Crippen molar-refractivity contribution in [3.63, 3.8) is 0 Å². The van der Waals surface area contributed by atoms with Crippen molar-refractivity contribution in [1.29, 1.82) is 0 Å². The Morgan fingerprint density at radius 1 is 1.23 bits per heavy atom. The maximum atomic E-state index is 13.0. The molecule has 0 aromatic carbocycles. The molecule has 13 heteroatoms. The van der Waals surface area contributed by atoms with Gasteiger partial charge in [-0.25, -0.2) is 19.6 Å². The number of hydrogen-bond donors (Lipinski definition) is 1. The standard InChI is InChI=1S/C22H22F3N9O/c1-3-15-18(33-11-12(2)9-27-21(33)28-15)20(35)26-10-14-4-5-16(31-30-14)19-29-17-8-13(22(23,24)25)6-7-34(17)32-19/h4-5,9,11,13H,3,6-8,10H2,1-2H3,(H,26,35). The molecular weight excluding hydrogens is 463 g/mol. The van der Waals surface area contributed by atoms with Crippen LogP contribution in [0.3, 0.4) is 0 Å². The molecule has 182 valence electrons. The zero-order valence-electron chi connectivity index (χ0n) is 19.0. The van der Waals surface area contributed by atoms with Gasteiger partial charge in [0, 0.05) is 25.4 Å². The van der Waals surface area contributed by atoms with E-state index >= 15 is 0 Å². The summed E-state index contributed by atoms with van der Waals surface area (Å²) in [6.07, 6.45) is -0.394. The highest BCUT2D eigenvalue weighted by Crippen LogP contribution is 2.34. The third-order valence-electron chi connectivity index (χ3n) is 5.94. The molecule has 0 saturated heterocycles. The Morgan fingerprint density at radius 3 is 2.77 bits per heavy atom. The molecule has 0 radical (unpaired) electrons. The fourth-order valence-electron chi connectivity index (χ4n) is 4.08. The average molecular weight is 485 g/mol. The number of carbonyl (C=O) groups excluding carboxylic acids is 1. The summed E-state index contributed by atoms with van der Waals surface area (Å²) in [4.78, 5) is 25.9. The van der Waals surface area contributed by atoms with Gasteiger partial charge in [0.2, 0.25) is 11.6 Å². The minimum absolute atomic E-state index is 0.0224. The van der Waals surface area contributed by atoms with Crippen LogP contribution in [0.5, 0.6) is 0 Å². The number of imidazole rings is 1. The summed E-state index contributed by atoms with van der Waals surface area (Å²) in [5.74, 6) is -0.748. The number of hydrogen-bond acceptors (Lipinski definition) is 7. The van der Waals surface area contributed by atoms with Gasteiger partial charge in [0.05, 0.1) is 23.9 Å². The first-order chi connectivity index (χ1) is 16.7. The molecule has 5 rings (SSSR count). The van der Waals surface area contributed by atoms with E-state index in [9.17, 15) is 18.0 Å². The van der Waals surface area contributed by atoms with Crippen LogP contribution in [0.4, 0.5) is 13.2 Å². The second-order valence-corrected chi connectivity index (χ2v) is 8.46. The molecule has 0 aliphatic carbocycles. The lowest BCUT2D eigenvalue weighted by atomic mass is 9.98. The van der Waals surface area contributed by atoms with Crippen molar-refractivity contribution in [2.24, 2.45) is 5.92 Å². The maximum Gasteiger partial charge on any atom is 0.392 e. The normalized spacial score (nSPS) is 15.9. The lowest BCUT2D eigenvalue weighted by molar-refractivity contribution is -0.179. The van der Waals surface area contributed by atoms with E-state index in [0.717, 1.165) is 5.56 Å². The van der Waals surface area contributed by atoms with Crippen molar-refractivity contribution >= 4 is 11.7 Å². The van der Waals surface area contributed by atoms with Gasteiger partial charge in [-0.15, -0.1) is 10.2 Å². The van der Waals surface area contributed by atoms with Gasteiger partial charge in [0.1, 0.15) is 17.2 Å². The second kappa shape index (κ2) is 8.71. The molecule has 0 saturated carbocycles. The van der Waals surface area contributed by atoms with E-state index in [1.165, 1.54) is 4.68 Å². The summed E-state index contributed by atoms with van der Waals surface area (Å²) >= 11 is 0. The van der Waals surface area contributed by atoms with E-state index in [0.29, 0.717) is 35.0 Å². The van der Waals surface area contributed by atoms with Gasteiger partial charge >= 0.3 is 6.18 Å². The highest BCUT2D eigenvalue weighted by molar-refractivity contribution is 5.94. The zero-order valence-corrected chi connectivity index (χ0v) is 19.0. The predicted molar refractivity (Wildman–Crippen MR) is 117 cm³/mol. The number of aromatic nitrogens is 8. The third-order valence-corrected chi connectivity index (χ3v) is 5.94. The van der Waals surface area contributed by atoms with Crippen LogP contribution in [0.1, 0.15) is 46.6 Å². The molecule has 0 spiro atoms. The van der Waals surface area contributed by atoms with E-state index in [1.807, 2.05) is 20.0 Å². The monoisotopic (exact) mass is 485 g/mol. The number of carbonyl (C=O) groups is 1. The van der Waals surface area contributed by atoms with Crippen molar-refractivity contribution in [3.05, 3.63) is 53.0 Å². The van der Waals surface area contributed by atoms with Crippen LogP contribution in [0.25, 0.3) is 17.3 Å². The zero-order chi connectivity index (χ0) is 24.7. The van der Waals surface area contributed by atoms with Gasteiger partial charge < -0.3 is 5.32 Å². The highest BCUT2D eigenvalue weighted by Gasteiger charge is 2.42. The quantitative estimate of drug-likeness (QED) is 0.462. The van der Waals surface area contributed by atoms with Crippen LogP contribution >= 0.6 is 0 Å². The number of nitrogens with zero attached hydrogens (tertiary/aromatic N) is 8. The van der Waals surface area contributed by atoms with E-state index < -0.39 is 12.1 Å².